The van der Waals surface area contributed by atoms with Crippen LogP contribution >= 0.6 is 0 Å². The van der Waals surface area contributed by atoms with Crippen LogP contribution in [0.1, 0.15) is 77.5 Å². The Kier molecular flexibility index (Phi) is 9.34. The summed E-state index contributed by atoms with van der Waals surface area (Å²) >= 11 is 0. The third-order valence-electron chi connectivity index (χ3n) is 9.18. The van der Waals surface area contributed by atoms with Crippen molar-refractivity contribution in [1.29, 1.82) is 0 Å². The molecule has 2 aromatic rings. The van der Waals surface area contributed by atoms with Crippen molar-refractivity contribution in [2.45, 2.75) is 64.1 Å². The van der Waals surface area contributed by atoms with Gasteiger partial charge < -0.3 is 19.1 Å². The minimum absolute atomic E-state index is 0.0349. The van der Waals surface area contributed by atoms with E-state index in [0.717, 1.165) is 49.6 Å². The summed E-state index contributed by atoms with van der Waals surface area (Å²) in [4.78, 5) is 68.3. The number of nitrogens with one attached hydrogen (secondary N) is 1. The van der Waals surface area contributed by atoms with Gasteiger partial charge in [-0.3, -0.25) is 34.3 Å². The molecular weight excluding hydrogens is 604 g/mol. The molecule has 47 heavy (non-hydrogen) atoms. The van der Waals surface area contributed by atoms with E-state index in [2.05, 4.69) is 15.1 Å². The number of piperidine rings is 2. The van der Waals surface area contributed by atoms with Crippen molar-refractivity contribution in [3.8, 4) is 5.75 Å². The second-order valence-corrected chi connectivity index (χ2v) is 13.7. The van der Waals surface area contributed by atoms with Crippen LogP contribution < -0.4 is 15.0 Å². The molecule has 12 nitrogen and oxygen atoms in total. The molecule has 0 radical (unpaired) electrons. The van der Waals surface area contributed by atoms with Crippen LogP contribution in [0.4, 0.5) is 5.69 Å². The first-order chi connectivity index (χ1) is 22.5. The van der Waals surface area contributed by atoms with Gasteiger partial charge in [0, 0.05) is 38.3 Å². The minimum Gasteiger partial charge on any atom is -0.492 e. The first-order valence-corrected chi connectivity index (χ1v) is 16.4. The molecule has 0 aromatic heterocycles. The van der Waals surface area contributed by atoms with E-state index < -0.39 is 35.3 Å². The van der Waals surface area contributed by atoms with E-state index in [1.807, 2.05) is 45.0 Å². The zero-order valence-electron chi connectivity index (χ0n) is 27.2. The average Bonchev–Trinajstić information content (AvgIpc) is 3.29. The Morgan fingerprint density at radius 2 is 1.66 bits per heavy atom. The van der Waals surface area contributed by atoms with Crippen molar-refractivity contribution in [3.05, 3.63) is 59.2 Å². The van der Waals surface area contributed by atoms with E-state index in [0.29, 0.717) is 37.1 Å². The van der Waals surface area contributed by atoms with E-state index >= 15 is 0 Å². The predicted octanol–water partition coefficient (Wildman–Crippen LogP) is 3.04. The summed E-state index contributed by atoms with van der Waals surface area (Å²) in [5.41, 5.74) is 1.53. The largest absolute Gasteiger partial charge is 0.492 e. The number of anilines is 1. The summed E-state index contributed by atoms with van der Waals surface area (Å²) in [6.07, 6.45) is 2.27. The average molecular weight is 647 g/mol. The molecule has 1 unspecified atom stereocenters. The standard InChI is InChI=1S/C35H42N4O8/c1-35(2,3)47-34(44)23-4-6-24(7-5-23)37-14-12-22(13-15-37)19-38-16-17-45-20-25(38)21-46-26-8-9-27-28(18-26)33(43)39(32(27)42)29-10-11-30(40)36-31(29)41/h4-9,18,22,25,29H,10-17,19-21H2,1-3H3,(H,36,40,41)/t25-,29?/m1/s1. The van der Waals surface area contributed by atoms with Crippen LogP contribution in [-0.2, 0) is 19.1 Å². The molecule has 1 N–H and O–H groups in total. The number of fused-ring (bicyclic) bond motifs is 1. The van der Waals surface area contributed by atoms with E-state index in [-0.39, 0.29) is 36.0 Å². The van der Waals surface area contributed by atoms with Crippen LogP contribution in [0.3, 0.4) is 0 Å². The Morgan fingerprint density at radius 3 is 2.36 bits per heavy atom. The molecule has 3 fully saturated rings. The number of nitrogens with zero attached hydrogens (tertiary/aromatic N) is 3. The van der Waals surface area contributed by atoms with Gasteiger partial charge in [-0.1, -0.05) is 0 Å². The number of hydrogen-bond acceptors (Lipinski definition) is 10. The third kappa shape index (κ3) is 7.33. The monoisotopic (exact) mass is 646 g/mol. The molecule has 4 aliphatic heterocycles. The molecule has 3 saturated heterocycles. The van der Waals surface area contributed by atoms with Crippen molar-refractivity contribution >= 4 is 35.3 Å². The van der Waals surface area contributed by atoms with Gasteiger partial charge in [0.05, 0.1) is 35.9 Å². The summed E-state index contributed by atoms with van der Waals surface area (Å²) in [6.45, 7) is 10.7. The van der Waals surface area contributed by atoms with Crippen molar-refractivity contribution in [3.63, 3.8) is 0 Å². The molecule has 250 valence electrons. The number of carbonyl (C=O) groups is 5. The van der Waals surface area contributed by atoms with Gasteiger partial charge in [0.15, 0.2) is 0 Å². The van der Waals surface area contributed by atoms with Crippen molar-refractivity contribution in [1.82, 2.24) is 15.1 Å². The molecule has 0 aliphatic carbocycles. The lowest BCUT2D eigenvalue weighted by molar-refractivity contribution is -0.136. The lowest BCUT2D eigenvalue weighted by Gasteiger charge is -2.40. The highest BCUT2D eigenvalue weighted by Crippen LogP contribution is 2.31. The van der Waals surface area contributed by atoms with E-state index in [4.69, 9.17) is 14.2 Å². The van der Waals surface area contributed by atoms with Crippen molar-refractivity contribution in [2.24, 2.45) is 5.92 Å². The van der Waals surface area contributed by atoms with E-state index in [1.165, 1.54) is 0 Å². The second kappa shape index (κ2) is 13.4. The lowest BCUT2D eigenvalue weighted by Crippen LogP contribution is -2.54. The number of benzene rings is 2. The zero-order valence-corrected chi connectivity index (χ0v) is 27.2. The number of hydrogen-bond donors (Lipinski definition) is 1. The number of rotatable bonds is 8. The van der Waals surface area contributed by atoms with Crippen LogP contribution in [0.15, 0.2) is 42.5 Å². The fourth-order valence-corrected chi connectivity index (χ4v) is 6.67. The van der Waals surface area contributed by atoms with Gasteiger partial charge in [0.1, 0.15) is 24.0 Å². The van der Waals surface area contributed by atoms with Gasteiger partial charge in [-0.25, -0.2) is 4.79 Å². The highest BCUT2D eigenvalue weighted by atomic mass is 16.6. The summed E-state index contributed by atoms with van der Waals surface area (Å²) in [7, 11) is 0. The van der Waals surface area contributed by atoms with Gasteiger partial charge in [0.2, 0.25) is 11.8 Å². The van der Waals surface area contributed by atoms with Crippen molar-refractivity contribution < 1.29 is 38.2 Å². The zero-order chi connectivity index (χ0) is 33.3. The van der Waals surface area contributed by atoms with Crippen LogP contribution in [0.25, 0.3) is 0 Å². The molecular formula is C35H42N4O8. The van der Waals surface area contributed by atoms with Crippen LogP contribution in [-0.4, -0.2) is 103 Å². The van der Waals surface area contributed by atoms with Gasteiger partial charge in [-0.2, -0.15) is 0 Å². The first kappa shape index (κ1) is 32.6. The van der Waals surface area contributed by atoms with Crippen molar-refractivity contribution in [2.75, 3.05) is 50.9 Å². The molecule has 0 spiro atoms. The molecule has 12 heteroatoms. The molecule has 4 aliphatic rings. The molecule has 2 atom stereocenters. The number of ether oxygens (including phenoxy) is 3. The Labute approximate surface area is 274 Å². The Morgan fingerprint density at radius 1 is 0.936 bits per heavy atom. The molecule has 2 aromatic carbocycles. The molecule has 0 saturated carbocycles. The Bertz CT molecular complexity index is 1540. The van der Waals surface area contributed by atoms with E-state index in [9.17, 15) is 24.0 Å². The second-order valence-electron chi connectivity index (χ2n) is 13.7. The lowest BCUT2D eigenvalue weighted by atomic mass is 9.95. The SMILES string of the molecule is CC(C)(C)OC(=O)c1ccc(N2CCC(CN3CCOC[C@@H]3COc3ccc4c(c3)C(=O)N(C3CCC(=O)NC3=O)C4=O)CC2)cc1. The number of imide groups is 2. The summed E-state index contributed by atoms with van der Waals surface area (Å²) < 4.78 is 17.4. The maximum Gasteiger partial charge on any atom is 0.338 e. The van der Waals surface area contributed by atoms with E-state index in [1.54, 1.807) is 18.2 Å². The maximum atomic E-state index is 13.2. The Hall–Kier alpha value is -4.29. The highest BCUT2D eigenvalue weighted by molar-refractivity contribution is 6.23. The summed E-state index contributed by atoms with van der Waals surface area (Å²) in [5, 5.41) is 2.21. The number of amides is 4. The molecule has 4 heterocycles. The van der Waals surface area contributed by atoms with Gasteiger partial charge in [-0.05, 0) is 88.4 Å². The highest BCUT2D eigenvalue weighted by Gasteiger charge is 2.44. The van der Waals surface area contributed by atoms with Crippen LogP contribution in [0, 0.1) is 5.92 Å². The van der Waals surface area contributed by atoms with Gasteiger partial charge in [-0.15, -0.1) is 0 Å². The maximum absolute atomic E-state index is 13.2. The van der Waals surface area contributed by atoms with Crippen LogP contribution in [0.5, 0.6) is 5.75 Å². The smallest absolute Gasteiger partial charge is 0.338 e. The summed E-state index contributed by atoms with van der Waals surface area (Å²) in [6, 6.07) is 11.5. The van der Waals surface area contributed by atoms with Gasteiger partial charge >= 0.3 is 5.97 Å². The van der Waals surface area contributed by atoms with Crippen LogP contribution in [0.2, 0.25) is 0 Å². The third-order valence-corrected chi connectivity index (χ3v) is 9.18. The molecule has 6 rings (SSSR count). The minimum atomic E-state index is -1.01. The fourth-order valence-electron chi connectivity index (χ4n) is 6.67. The van der Waals surface area contributed by atoms with Gasteiger partial charge in [0.25, 0.3) is 11.8 Å². The predicted molar refractivity (Wildman–Crippen MR) is 171 cm³/mol. The molecule has 0 bridgehead atoms. The number of carbonyl (C=O) groups excluding carboxylic acids is 5. The topological polar surface area (TPSA) is 135 Å². The normalized spacial score (nSPS) is 22.7. The quantitative estimate of drug-likeness (QED) is 0.337. The fraction of sp³-hybridized carbons (Fsp3) is 0.514. The Balaban J connectivity index is 1.01. The summed E-state index contributed by atoms with van der Waals surface area (Å²) in [5.74, 6) is -1.47. The number of esters is 1. The first-order valence-electron chi connectivity index (χ1n) is 16.4. The number of morpholine rings is 1. The molecule has 4 amide bonds.